The van der Waals surface area contributed by atoms with E-state index in [0.29, 0.717) is 6.04 Å². The molecule has 1 atom stereocenters. The summed E-state index contributed by atoms with van der Waals surface area (Å²) in [5.41, 5.74) is 0. The summed E-state index contributed by atoms with van der Waals surface area (Å²) in [6, 6.07) is 0.444. The Bertz CT molecular complexity index is 366. The lowest BCUT2D eigenvalue weighted by molar-refractivity contribution is 0.291. The van der Waals surface area contributed by atoms with Crippen LogP contribution < -0.4 is 5.32 Å². The Labute approximate surface area is 124 Å². The van der Waals surface area contributed by atoms with E-state index in [1.807, 2.05) is 6.20 Å². The topological polar surface area (TPSA) is 29.9 Å². The third kappa shape index (κ3) is 4.34. The highest BCUT2D eigenvalue weighted by molar-refractivity contribution is 5.00. The molecule has 0 spiro atoms. The van der Waals surface area contributed by atoms with Gasteiger partial charge in [-0.05, 0) is 31.7 Å². The van der Waals surface area contributed by atoms with Gasteiger partial charge >= 0.3 is 0 Å². The molecule has 0 amide bonds. The summed E-state index contributed by atoms with van der Waals surface area (Å²) in [6.45, 7) is 6.66. The SMILES string of the molecule is CCCNC(CC1CCCCC1)c1nccn1CCC. The third-order valence-electron chi connectivity index (χ3n) is 4.46. The van der Waals surface area contributed by atoms with E-state index < -0.39 is 0 Å². The Morgan fingerprint density at radius 1 is 1.25 bits per heavy atom. The zero-order valence-corrected chi connectivity index (χ0v) is 13.3. The minimum atomic E-state index is 0.444. The van der Waals surface area contributed by atoms with Crippen molar-refractivity contribution in [3.63, 3.8) is 0 Å². The molecule has 1 aliphatic carbocycles. The molecule has 3 nitrogen and oxygen atoms in total. The summed E-state index contributed by atoms with van der Waals surface area (Å²) in [4.78, 5) is 4.65. The van der Waals surface area contributed by atoms with Crippen LogP contribution in [0.4, 0.5) is 0 Å². The molecule has 1 fully saturated rings. The molecule has 2 rings (SSSR count). The van der Waals surface area contributed by atoms with E-state index in [1.165, 1.54) is 57.2 Å². The van der Waals surface area contributed by atoms with E-state index in [4.69, 9.17) is 0 Å². The summed E-state index contributed by atoms with van der Waals surface area (Å²) in [7, 11) is 0. The number of hydrogen-bond donors (Lipinski definition) is 1. The maximum Gasteiger partial charge on any atom is 0.125 e. The smallest absolute Gasteiger partial charge is 0.125 e. The van der Waals surface area contributed by atoms with Crippen molar-refractivity contribution >= 4 is 0 Å². The molecule has 1 heterocycles. The highest BCUT2D eigenvalue weighted by Gasteiger charge is 2.22. The molecule has 0 bridgehead atoms. The molecule has 0 aromatic carbocycles. The molecule has 0 aliphatic heterocycles. The minimum absolute atomic E-state index is 0.444. The molecule has 1 N–H and O–H groups in total. The van der Waals surface area contributed by atoms with Crippen LogP contribution >= 0.6 is 0 Å². The first-order valence-electron chi connectivity index (χ1n) is 8.59. The number of aryl methyl sites for hydroxylation is 1. The first kappa shape index (κ1) is 15.6. The summed E-state index contributed by atoms with van der Waals surface area (Å²) in [5, 5.41) is 3.73. The fourth-order valence-electron chi connectivity index (χ4n) is 3.42. The van der Waals surface area contributed by atoms with Crippen LogP contribution in [0.2, 0.25) is 0 Å². The van der Waals surface area contributed by atoms with Crippen LogP contribution in [0.1, 0.15) is 77.1 Å². The average molecular weight is 277 g/mol. The molecule has 1 aliphatic rings. The van der Waals surface area contributed by atoms with Gasteiger partial charge in [-0.1, -0.05) is 46.0 Å². The van der Waals surface area contributed by atoms with Crippen LogP contribution in [-0.4, -0.2) is 16.1 Å². The number of rotatable bonds is 8. The lowest BCUT2D eigenvalue weighted by Crippen LogP contribution is -2.28. The quantitative estimate of drug-likeness (QED) is 0.767. The van der Waals surface area contributed by atoms with Gasteiger partial charge in [0.1, 0.15) is 5.82 Å². The molecule has 1 saturated carbocycles. The second-order valence-corrected chi connectivity index (χ2v) is 6.23. The van der Waals surface area contributed by atoms with Gasteiger partial charge in [-0.3, -0.25) is 0 Å². The monoisotopic (exact) mass is 277 g/mol. The van der Waals surface area contributed by atoms with Gasteiger partial charge in [0.05, 0.1) is 6.04 Å². The lowest BCUT2D eigenvalue weighted by Gasteiger charge is -2.27. The van der Waals surface area contributed by atoms with Gasteiger partial charge in [0.25, 0.3) is 0 Å². The predicted molar refractivity (Wildman–Crippen MR) is 84.7 cm³/mol. The average Bonchev–Trinajstić information content (AvgIpc) is 2.93. The Hall–Kier alpha value is -0.830. The van der Waals surface area contributed by atoms with Crippen LogP contribution in [0.5, 0.6) is 0 Å². The first-order chi connectivity index (χ1) is 9.85. The van der Waals surface area contributed by atoms with Crippen molar-refractivity contribution < 1.29 is 0 Å². The Morgan fingerprint density at radius 2 is 2.05 bits per heavy atom. The highest BCUT2D eigenvalue weighted by Crippen LogP contribution is 2.31. The van der Waals surface area contributed by atoms with E-state index in [1.54, 1.807) is 0 Å². The van der Waals surface area contributed by atoms with Crippen molar-refractivity contribution in [1.29, 1.82) is 0 Å². The minimum Gasteiger partial charge on any atom is -0.334 e. The van der Waals surface area contributed by atoms with Gasteiger partial charge in [0.2, 0.25) is 0 Å². The van der Waals surface area contributed by atoms with Crippen molar-refractivity contribution in [3.8, 4) is 0 Å². The maximum atomic E-state index is 4.65. The Morgan fingerprint density at radius 3 is 2.75 bits per heavy atom. The van der Waals surface area contributed by atoms with Crippen LogP contribution in [0.25, 0.3) is 0 Å². The summed E-state index contributed by atoms with van der Waals surface area (Å²) < 4.78 is 2.34. The van der Waals surface area contributed by atoms with E-state index in [0.717, 1.165) is 19.0 Å². The van der Waals surface area contributed by atoms with E-state index in [2.05, 4.69) is 34.9 Å². The lowest BCUT2D eigenvalue weighted by atomic mass is 9.84. The Balaban J connectivity index is 2.02. The van der Waals surface area contributed by atoms with Crippen LogP contribution in [0.3, 0.4) is 0 Å². The summed E-state index contributed by atoms with van der Waals surface area (Å²) in [6.07, 6.45) is 14.9. The van der Waals surface area contributed by atoms with Crippen LogP contribution in [0, 0.1) is 5.92 Å². The molecule has 1 unspecified atom stereocenters. The number of nitrogens with zero attached hydrogens (tertiary/aromatic N) is 2. The van der Waals surface area contributed by atoms with Crippen molar-refractivity contribution in [3.05, 3.63) is 18.2 Å². The zero-order valence-electron chi connectivity index (χ0n) is 13.3. The molecule has 20 heavy (non-hydrogen) atoms. The van der Waals surface area contributed by atoms with Gasteiger partial charge < -0.3 is 9.88 Å². The molecular weight excluding hydrogens is 246 g/mol. The standard InChI is InChI=1S/C17H31N3/c1-3-10-18-16(14-15-8-6-5-7-9-15)17-19-11-13-20(17)12-4-2/h11,13,15-16,18H,3-10,12,14H2,1-2H3. The largest absolute Gasteiger partial charge is 0.334 e. The van der Waals surface area contributed by atoms with Gasteiger partial charge in [0.15, 0.2) is 0 Å². The van der Waals surface area contributed by atoms with Gasteiger partial charge in [-0.2, -0.15) is 0 Å². The molecule has 0 radical (unpaired) electrons. The molecule has 0 saturated heterocycles. The van der Waals surface area contributed by atoms with Crippen molar-refractivity contribution in [2.75, 3.05) is 6.54 Å². The number of nitrogens with one attached hydrogen (secondary N) is 1. The Kier molecular flexibility index (Phi) is 6.58. The molecule has 1 aromatic rings. The van der Waals surface area contributed by atoms with Gasteiger partial charge in [-0.25, -0.2) is 4.98 Å². The second-order valence-electron chi connectivity index (χ2n) is 6.23. The molecule has 1 aromatic heterocycles. The summed E-state index contributed by atoms with van der Waals surface area (Å²) >= 11 is 0. The number of imidazole rings is 1. The van der Waals surface area contributed by atoms with E-state index >= 15 is 0 Å². The molecular formula is C17H31N3. The van der Waals surface area contributed by atoms with Gasteiger partial charge in [-0.15, -0.1) is 0 Å². The molecule has 114 valence electrons. The predicted octanol–water partition coefficient (Wildman–Crippen LogP) is 4.30. The second kappa shape index (κ2) is 8.46. The van der Waals surface area contributed by atoms with Crippen molar-refractivity contribution in [2.24, 2.45) is 5.92 Å². The normalized spacial score (nSPS) is 18.3. The van der Waals surface area contributed by atoms with Crippen molar-refractivity contribution in [1.82, 2.24) is 14.9 Å². The summed E-state index contributed by atoms with van der Waals surface area (Å²) in [5.74, 6) is 2.15. The molecule has 3 heteroatoms. The van der Waals surface area contributed by atoms with Crippen molar-refractivity contribution in [2.45, 2.75) is 77.8 Å². The first-order valence-corrected chi connectivity index (χ1v) is 8.59. The van der Waals surface area contributed by atoms with E-state index in [9.17, 15) is 0 Å². The fourth-order valence-corrected chi connectivity index (χ4v) is 3.42. The van der Waals surface area contributed by atoms with E-state index in [-0.39, 0.29) is 0 Å². The zero-order chi connectivity index (χ0) is 14.2. The fraction of sp³-hybridized carbons (Fsp3) is 0.824. The third-order valence-corrected chi connectivity index (χ3v) is 4.46. The van der Waals surface area contributed by atoms with Crippen LogP contribution in [-0.2, 0) is 6.54 Å². The highest BCUT2D eigenvalue weighted by atomic mass is 15.1. The number of hydrogen-bond acceptors (Lipinski definition) is 2. The van der Waals surface area contributed by atoms with Crippen LogP contribution in [0.15, 0.2) is 12.4 Å². The maximum absolute atomic E-state index is 4.65. The number of aromatic nitrogens is 2. The van der Waals surface area contributed by atoms with Gasteiger partial charge in [0, 0.05) is 18.9 Å².